The lowest BCUT2D eigenvalue weighted by molar-refractivity contribution is -0.676. The molecule has 1 unspecified atom stereocenters. The first-order chi connectivity index (χ1) is 12.5. The maximum atomic E-state index is 9.53. The fourth-order valence-electron chi connectivity index (χ4n) is 3.36. The number of carbonyl (C=O) groups excluding carboxylic acids is 1. The first-order valence-corrected chi connectivity index (χ1v) is 9.17. The molecule has 0 aromatic heterocycles. The summed E-state index contributed by atoms with van der Waals surface area (Å²) in [5.74, 6) is -2.11. The van der Waals surface area contributed by atoms with Gasteiger partial charge in [-0.05, 0) is 35.8 Å². The van der Waals surface area contributed by atoms with E-state index in [4.69, 9.17) is 5.11 Å². The van der Waals surface area contributed by atoms with Gasteiger partial charge in [-0.1, -0.05) is 42.1 Å². The second kappa shape index (κ2) is 8.21. The van der Waals surface area contributed by atoms with Crippen molar-refractivity contribution in [3.63, 3.8) is 0 Å². The van der Waals surface area contributed by atoms with E-state index in [2.05, 4.69) is 47.8 Å². The summed E-state index contributed by atoms with van der Waals surface area (Å²) in [5.41, 5.74) is 4.69. The number of nitrogens with two attached hydrogens (primary N) is 1. The predicted molar refractivity (Wildman–Crippen MR) is 95.7 cm³/mol. The van der Waals surface area contributed by atoms with E-state index in [1.807, 2.05) is 11.8 Å². The first kappa shape index (κ1) is 18.2. The number of rotatable bonds is 2. The molecule has 0 saturated carbocycles. The number of quaternary nitrogens is 1. The van der Waals surface area contributed by atoms with E-state index in [-0.39, 0.29) is 0 Å². The molecular weight excluding hydrogens is 350 g/mol. The lowest BCUT2D eigenvalue weighted by Crippen LogP contribution is -2.85. The molecule has 2 aromatic carbocycles. The molecule has 134 valence electrons. The van der Waals surface area contributed by atoms with Gasteiger partial charge in [0.15, 0.2) is 0 Å². The Bertz CT molecular complexity index is 847. The molecule has 3 N–H and O–H groups in total. The number of carboxylic acid groups (broad SMARTS) is 2. The molecular formula is C20H19NO4S. The second-order valence-electron chi connectivity index (χ2n) is 6.16. The van der Waals surface area contributed by atoms with Crippen LogP contribution in [0, 0.1) is 0 Å². The van der Waals surface area contributed by atoms with Crippen LogP contribution in [0.5, 0.6) is 0 Å². The van der Waals surface area contributed by atoms with Crippen LogP contribution in [-0.4, -0.2) is 23.6 Å². The van der Waals surface area contributed by atoms with Crippen LogP contribution in [0.4, 0.5) is 0 Å². The molecule has 26 heavy (non-hydrogen) atoms. The SMILES string of the molecule is O=C([O-])/C=C\C(=O)O.c1ccc2c(c1)CC1C[NH2+]Cc3cccc(c31)S2. The van der Waals surface area contributed by atoms with Crippen molar-refractivity contribution < 1.29 is 25.1 Å². The zero-order valence-corrected chi connectivity index (χ0v) is 14.9. The Morgan fingerprint density at radius 2 is 1.81 bits per heavy atom. The van der Waals surface area contributed by atoms with Crippen LogP contribution in [0.15, 0.2) is 64.4 Å². The second-order valence-corrected chi connectivity index (χ2v) is 7.24. The average Bonchev–Trinajstić information content (AvgIpc) is 2.78. The van der Waals surface area contributed by atoms with E-state index in [1.54, 1.807) is 11.1 Å². The highest BCUT2D eigenvalue weighted by Gasteiger charge is 2.29. The van der Waals surface area contributed by atoms with Gasteiger partial charge in [-0.15, -0.1) is 0 Å². The highest BCUT2D eigenvalue weighted by atomic mass is 32.2. The third-order valence-electron chi connectivity index (χ3n) is 4.40. The average molecular weight is 369 g/mol. The smallest absolute Gasteiger partial charge is 0.328 e. The highest BCUT2D eigenvalue weighted by Crippen LogP contribution is 2.42. The third-order valence-corrected chi connectivity index (χ3v) is 5.60. The van der Waals surface area contributed by atoms with Gasteiger partial charge in [0.2, 0.25) is 0 Å². The Labute approximate surface area is 155 Å². The number of carbonyl (C=O) groups is 2. The van der Waals surface area contributed by atoms with Gasteiger partial charge < -0.3 is 20.3 Å². The lowest BCUT2D eigenvalue weighted by Gasteiger charge is -2.24. The van der Waals surface area contributed by atoms with Crippen LogP contribution in [-0.2, 0) is 22.6 Å². The standard InChI is InChI=1S/C16H15NS.C4H4O4/c1-2-6-14-11(4-1)8-13-10-17-9-12-5-3-7-15(18-14)16(12)13;5-3(6)1-2-4(7)8/h1-7,13,17H,8-10H2;1-2H,(H,5,6)(H,7,8)/b;2-1-. The molecule has 0 aliphatic carbocycles. The number of hydrogen-bond acceptors (Lipinski definition) is 4. The van der Waals surface area contributed by atoms with Crippen LogP contribution in [0.2, 0.25) is 0 Å². The molecule has 6 heteroatoms. The van der Waals surface area contributed by atoms with Gasteiger partial charge in [0, 0.05) is 27.3 Å². The third kappa shape index (κ3) is 4.33. The van der Waals surface area contributed by atoms with Gasteiger partial charge in [0.25, 0.3) is 0 Å². The summed E-state index contributed by atoms with van der Waals surface area (Å²) in [6, 6.07) is 15.7. The zero-order valence-electron chi connectivity index (χ0n) is 14.1. The van der Waals surface area contributed by atoms with Crippen LogP contribution < -0.4 is 10.4 Å². The minimum Gasteiger partial charge on any atom is -0.545 e. The van der Waals surface area contributed by atoms with Crippen molar-refractivity contribution in [2.24, 2.45) is 0 Å². The first-order valence-electron chi connectivity index (χ1n) is 8.36. The minimum atomic E-state index is -1.51. The minimum absolute atomic E-state index is 0.447. The Morgan fingerprint density at radius 1 is 1.08 bits per heavy atom. The van der Waals surface area contributed by atoms with Crippen molar-refractivity contribution in [1.29, 1.82) is 0 Å². The summed E-state index contributed by atoms with van der Waals surface area (Å²) >= 11 is 1.96. The molecule has 2 aliphatic rings. The topological polar surface area (TPSA) is 94.0 Å². The Kier molecular flexibility index (Phi) is 5.75. The fraction of sp³-hybridized carbons (Fsp3) is 0.200. The summed E-state index contributed by atoms with van der Waals surface area (Å²) in [4.78, 5) is 21.9. The van der Waals surface area contributed by atoms with Gasteiger partial charge in [-0.25, -0.2) is 4.79 Å². The van der Waals surface area contributed by atoms with Crippen molar-refractivity contribution in [2.75, 3.05) is 6.54 Å². The molecule has 1 atom stereocenters. The normalized spacial score (nSPS) is 17.3. The summed E-state index contributed by atoms with van der Waals surface area (Å²) in [5, 5.41) is 19.7. The number of aliphatic carboxylic acids is 2. The maximum absolute atomic E-state index is 9.53. The van der Waals surface area contributed by atoms with Crippen molar-refractivity contribution >= 4 is 23.7 Å². The Morgan fingerprint density at radius 3 is 2.54 bits per heavy atom. The zero-order chi connectivity index (χ0) is 18.5. The monoisotopic (exact) mass is 369 g/mol. The van der Waals surface area contributed by atoms with E-state index < -0.39 is 11.9 Å². The van der Waals surface area contributed by atoms with Crippen molar-refractivity contribution in [3.8, 4) is 0 Å². The molecule has 0 bridgehead atoms. The Balaban J connectivity index is 0.000000211. The summed E-state index contributed by atoms with van der Waals surface area (Å²) in [7, 11) is 0. The van der Waals surface area contributed by atoms with Gasteiger partial charge in [0.05, 0.1) is 12.5 Å². The molecule has 0 saturated heterocycles. The summed E-state index contributed by atoms with van der Waals surface area (Å²) < 4.78 is 0. The predicted octanol–water partition coefficient (Wildman–Crippen LogP) is 0.932. The molecule has 0 fully saturated rings. The number of fused-ring (bicyclic) bond motifs is 1. The number of hydrogen-bond donors (Lipinski definition) is 2. The van der Waals surface area contributed by atoms with E-state index >= 15 is 0 Å². The molecule has 4 rings (SSSR count). The van der Waals surface area contributed by atoms with Crippen molar-refractivity contribution in [2.45, 2.75) is 28.7 Å². The number of carboxylic acids is 2. The van der Waals surface area contributed by atoms with Crippen LogP contribution >= 0.6 is 11.8 Å². The van der Waals surface area contributed by atoms with Gasteiger partial charge in [-0.2, -0.15) is 0 Å². The molecule has 2 aliphatic heterocycles. The van der Waals surface area contributed by atoms with Crippen molar-refractivity contribution in [3.05, 3.63) is 71.3 Å². The van der Waals surface area contributed by atoms with E-state index in [1.165, 1.54) is 28.3 Å². The van der Waals surface area contributed by atoms with Crippen LogP contribution in [0.25, 0.3) is 0 Å². The highest BCUT2D eigenvalue weighted by molar-refractivity contribution is 7.99. The largest absolute Gasteiger partial charge is 0.545 e. The molecule has 0 radical (unpaired) electrons. The quantitative estimate of drug-likeness (QED) is 0.768. The number of benzene rings is 2. The molecule has 2 aromatic rings. The molecule has 0 spiro atoms. The van der Waals surface area contributed by atoms with Crippen molar-refractivity contribution in [1.82, 2.24) is 0 Å². The molecule has 5 nitrogen and oxygen atoms in total. The molecule has 0 amide bonds. The summed E-state index contributed by atoms with van der Waals surface area (Å²) in [6.45, 7) is 2.38. The van der Waals surface area contributed by atoms with Gasteiger partial charge in [0.1, 0.15) is 6.54 Å². The van der Waals surface area contributed by atoms with E-state index in [9.17, 15) is 14.7 Å². The lowest BCUT2D eigenvalue weighted by atomic mass is 9.86. The van der Waals surface area contributed by atoms with Gasteiger partial charge >= 0.3 is 5.97 Å². The summed E-state index contributed by atoms with van der Waals surface area (Å²) in [6.07, 6.45) is 2.14. The van der Waals surface area contributed by atoms with Crippen LogP contribution in [0.3, 0.4) is 0 Å². The fourth-order valence-corrected chi connectivity index (χ4v) is 4.58. The van der Waals surface area contributed by atoms with Crippen LogP contribution in [0.1, 0.15) is 22.6 Å². The Hall–Kier alpha value is -2.57. The molecule has 2 heterocycles. The van der Waals surface area contributed by atoms with Gasteiger partial charge in [-0.3, -0.25) is 0 Å². The van der Waals surface area contributed by atoms with E-state index in [0.717, 1.165) is 6.54 Å². The maximum Gasteiger partial charge on any atom is 0.328 e. The van der Waals surface area contributed by atoms with E-state index in [0.29, 0.717) is 18.1 Å².